The minimum Gasteiger partial charge on any atom is -0.396 e. The van der Waals surface area contributed by atoms with Crippen molar-refractivity contribution in [2.45, 2.75) is 38.6 Å². The maximum Gasteiger partial charge on any atom is 0.261 e. The smallest absolute Gasteiger partial charge is 0.261 e. The van der Waals surface area contributed by atoms with Crippen LogP contribution < -0.4 is 10.2 Å². The molecule has 0 aromatic carbocycles. The van der Waals surface area contributed by atoms with Crippen molar-refractivity contribution in [1.82, 2.24) is 10.3 Å². The number of amides is 1. The number of fused-ring (bicyclic) bond motifs is 1. The Morgan fingerprint density at radius 3 is 2.86 bits per heavy atom. The number of thiophene rings is 1. The van der Waals surface area contributed by atoms with E-state index < -0.39 is 0 Å². The summed E-state index contributed by atoms with van der Waals surface area (Å²) in [6.45, 7) is 4.29. The average Bonchev–Trinajstić information content (AvgIpc) is 3.20. The molecule has 1 saturated heterocycles. The van der Waals surface area contributed by atoms with Gasteiger partial charge in [0.1, 0.15) is 4.83 Å². The molecule has 1 atom stereocenters. The molecule has 1 unspecified atom stereocenters. The zero-order chi connectivity index (χ0) is 15.5. The van der Waals surface area contributed by atoms with E-state index >= 15 is 0 Å². The highest BCUT2D eigenvalue weighted by molar-refractivity contribution is 7.29. The first-order chi connectivity index (χ1) is 10.7. The average molecular weight is 339 g/mol. The maximum absolute atomic E-state index is 12.3. The van der Waals surface area contributed by atoms with E-state index in [-0.39, 0.29) is 18.6 Å². The molecule has 2 N–H and O–H groups in total. The van der Waals surface area contributed by atoms with Gasteiger partial charge in [-0.1, -0.05) is 18.3 Å². The minimum atomic E-state index is -0.0572. The fraction of sp³-hybridized carbons (Fsp3) is 0.600. The highest BCUT2D eigenvalue weighted by Crippen LogP contribution is 2.35. The Morgan fingerprint density at radius 2 is 2.23 bits per heavy atom. The van der Waals surface area contributed by atoms with Crippen LogP contribution in [0.1, 0.15) is 42.3 Å². The quantitative estimate of drug-likeness (QED) is 0.849. The van der Waals surface area contributed by atoms with Gasteiger partial charge >= 0.3 is 0 Å². The molecule has 5 nitrogen and oxygen atoms in total. The highest BCUT2D eigenvalue weighted by atomic mass is 32.1. The second-order valence-corrected chi connectivity index (χ2v) is 7.60. The summed E-state index contributed by atoms with van der Waals surface area (Å²) in [7, 11) is 0. The summed E-state index contributed by atoms with van der Waals surface area (Å²) in [5.41, 5.74) is 0. The zero-order valence-corrected chi connectivity index (χ0v) is 14.3. The third-order valence-corrected chi connectivity index (χ3v) is 6.20. The van der Waals surface area contributed by atoms with Gasteiger partial charge in [-0.05, 0) is 31.7 Å². The van der Waals surface area contributed by atoms with Crippen molar-refractivity contribution in [3.05, 3.63) is 10.9 Å². The number of hydrogen-bond donors (Lipinski definition) is 2. The van der Waals surface area contributed by atoms with E-state index in [1.165, 1.54) is 24.2 Å². The van der Waals surface area contributed by atoms with Crippen LogP contribution in [0.15, 0.2) is 6.07 Å². The van der Waals surface area contributed by atoms with Crippen LogP contribution in [-0.2, 0) is 0 Å². The second kappa shape index (κ2) is 6.93. The number of hydrogen-bond acceptors (Lipinski definition) is 6. The number of nitrogens with zero attached hydrogens (tertiary/aromatic N) is 2. The fourth-order valence-electron chi connectivity index (χ4n) is 2.67. The molecule has 0 spiro atoms. The number of carbonyl (C=O) groups is 1. The molecule has 1 aliphatic heterocycles. The van der Waals surface area contributed by atoms with Crippen LogP contribution in [0.25, 0.3) is 9.53 Å². The summed E-state index contributed by atoms with van der Waals surface area (Å²) in [5, 5.41) is 13.1. The molecule has 120 valence electrons. The van der Waals surface area contributed by atoms with Crippen LogP contribution in [0, 0.1) is 0 Å². The van der Waals surface area contributed by atoms with Crippen LogP contribution in [0.4, 0.5) is 5.13 Å². The lowest BCUT2D eigenvalue weighted by molar-refractivity contribution is 0.0933. The highest BCUT2D eigenvalue weighted by Gasteiger charge is 2.20. The lowest BCUT2D eigenvalue weighted by Gasteiger charge is -2.14. The van der Waals surface area contributed by atoms with Gasteiger partial charge in [0.2, 0.25) is 0 Å². The molecule has 0 saturated carbocycles. The zero-order valence-electron chi connectivity index (χ0n) is 12.7. The van der Waals surface area contributed by atoms with Crippen molar-refractivity contribution in [1.29, 1.82) is 0 Å². The van der Waals surface area contributed by atoms with Gasteiger partial charge in [-0.3, -0.25) is 4.79 Å². The van der Waals surface area contributed by atoms with Gasteiger partial charge in [0, 0.05) is 25.7 Å². The largest absolute Gasteiger partial charge is 0.396 e. The first-order valence-corrected chi connectivity index (χ1v) is 9.41. The third-order valence-electron chi connectivity index (χ3n) is 3.98. The Hall–Kier alpha value is -1.18. The van der Waals surface area contributed by atoms with Gasteiger partial charge in [0.15, 0.2) is 5.13 Å². The number of rotatable bonds is 6. The van der Waals surface area contributed by atoms with Crippen molar-refractivity contribution in [3.8, 4) is 0 Å². The summed E-state index contributed by atoms with van der Waals surface area (Å²) < 4.78 is 1.09. The molecule has 0 radical (unpaired) electrons. The molecule has 2 aromatic rings. The van der Waals surface area contributed by atoms with Gasteiger partial charge in [0.25, 0.3) is 5.91 Å². The first kappa shape index (κ1) is 15.7. The van der Waals surface area contributed by atoms with Crippen LogP contribution in [-0.4, -0.2) is 41.7 Å². The molecular formula is C15H21N3O2S2. The van der Waals surface area contributed by atoms with Crippen molar-refractivity contribution in [2.24, 2.45) is 0 Å². The van der Waals surface area contributed by atoms with Crippen LogP contribution >= 0.6 is 22.7 Å². The molecule has 2 aromatic heterocycles. The molecule has 1 fully saturated rings. The lowest BCUT2D eigenvalue weighted by Crippen LogP contribution is -2.34. The predicted molar refractivity (Wildman–Crippen MR) is 92.2 cm³/mol. The normalized spacial score (nSPS) is 16.4. The fourth-order valence-corrected chi connectivity index (χ4v) is 4.84. The molecule has 1 aliphatic rings. The van der Waals surface area contributed by atoms with Gasteiger partial charge in [-0.15, -0.1) is 11.3 Å². The number of anilines is 1. The molecule has 0 aliphatic carbocycles. The summed E-state index contributed by atoms with van der Waals surface area (Å²) in [5.74, 6) is -0.0572. The Balaban J connectivity index is 1.72. The van der Waals surface area contributed by atoms with Gasteiger partial charge in [-0.2, -0.15) is 0 Å². The molecule has 0 bridgehead atoms. The molecule has 3 rings (SSSR count). The topological polar surface area (TPSA) is 65.5 Å². The Morgan fingerprint density at radius 1 is 1.45 bits per heavy atom. The third kappa shape index (κ3) is 3.26. The number of aromatic nitrogens is 1. The Kier molecular flexibility index (Phi) is 4.95. The Labute approximate surface area is 138 Å². The van der Waals surface area contributed by atoms with E-state index in [4.69, 9.17) is 5.11 Å². The standard InChI is InChI=1S/C15H21N3O2S2/c1-2-10(5-8-19)16-13(20)11-9-12-14(21-11)17-15(22-12)18-6-3-4-7-18/h9-10,19H,2-8H2,1H3,(H,16,20). The van der Waals surface area contributed by atoms with E-state index in [1.54, 1.807) is 11.3 Å². The maximum atomic E-state index is 12.3. The summed E-state index contributed by atoms with van der Waals surface area (Å²) in [6.07, 6.45) is 3.90. The van der Waals surface area contributed by atoms with Crippen molar-refractivity contribution >= 4 is 43.2 Å². The van der Waals surface area contributed by atoms with E-state index in [2.05, 4.69) is 15.2 Å². The monoisotopic (exact) mass is 339 g/mol. The van der Waals surface area contributed by atoms with E-state index in [0.717, 1.165) is 34.2 Å². The van der Waals surface area contributed by atoms with Crippen molar-refractivity contribution < 1.29 is 9.90 Å². The summed E-state index contributed by atoms with van der Waals surface area (Å²) in [6, 6.07) is 1.98. The van der Waals surface area contributed by atoms with Gasteiger partial charge in [0.05, 0.1) is 9.58 Å². The summed E-state index contributed by atoms with van der Waals surface area (Å²) >= 11 is 3.13. The van der Waals surface area contributed by atoms with Crippen LogP contribution in [0.3, 0.4) is 0 Å². The number of thiazole rings is 1. The Bertz CT molecular complexity index is 615. The van der Waals surface area contributed by atoms with Crippen molar-refractivity contribution in [2.75, 3.05) is 24.6 Å². The number of aliphatic hydroxyl groups is 1. The SMILES string of the molecule is CCC(CCO)NC(=O)c1cc2sc(N3CCCC3)nc2s1. The molecule has 7 heteroatoms. The van der Waals surface area contributed by atoms with Crippen LogP contribution in [0.5, 0.6) is 0 Å². The number of nitrogens with one attached hydrogen (secondary N) is 1. The van der Waals surface area contributed by atoms with Crippen molar-refractivity contribution in [3.63, 3.8) is 0 Å². The second-order valence-electron chi connectivity index (χ2n) is 5.56. The molecule has 1 amide bonds. The van der Waals surface area contributed by atoms with Crippen LogP contribution in [0.2, 0.25) is 0 Å². The van der Waals surface area contributed by atoms with E-state index in [9.17, 15) is 4.79 Å². The van der Waals surface area contributed by atoms with Gasteiger partial charge in [-0.25, -0.2) is 4.98 Å². The number of aliphatic hydroxyl groups excluding tert-OH is 1. The molecule has 3 heterocycles. The van der Waals surface area contributed by atoms with E-state index in [1.807, 2.05) is 13.0 Å². The summed E-state index contributed by atoms with van der Waals surface area (Å²) in [4.78, 5) is 20.9. The first-order valence-electron chi connectivity index (χ1n) is 7.78. The molecular weight excluding hydrogens is 318 g/mol. The molecule has 22 heavy (non-hydrogen) atoms. The van der Waals surface area contributed by atoms with Gasteiger partial charge < -0.3 is 15.3 Å². The predicted octanol–water partition coefficient (Wildman–Crippen LogP) is 2.85. The van der Waals surface area contributed by atoms with E-state index in [0.29, 0.717) is 11.3 Å². The minimum absolute atomic E-state index is 0.0331. The number of carbonyl (C=O) groups excluding carboxylic acids is 1. The lowest BCUT2D eigenvalue weighted by atomic mass is 10.1.